The van der Waals surface area contributed by atoms with Crippen LogP contribution in [0.2, 0.25) is 0 Å². The standard InChI is InChI=1S/C18H31N3O2/c1-7-13-14(8-2)20-16(19-13)15-11-9-10-12(3)21(15)17(22)23-18(4,5)6/h12,15H,7-11H2,1-6H3,(H,19,20). The van der Waals surface area contributed by atoms with Gasteiger partial charge in [-0.25, -0.2) is 9.78 Å². The fraction of sp³-hybridized carbons (Fsp3) is 0.778. The van der Waals surface area contributed by atoms with Gasteiger partial charge in [-0.15, -0.1) is 0 Å². The molecule has 2 unspecified atom stereocenters. The summed E-state index contributed by atoms with van der Waals surface area (Å²) in [5, 5.41) is 0. The fourth-order valence-corrected chi connectivity index (χ4v) is 3.29. The number of aromatic nitrogens is 2. The highest BCUT2D eigenvalue weighted by Gasteiger charge is 2.37. The molecule has 1 aromatic heterocycles. The van der Waals surface area contributed by atoms with E-state index < -0.39 is 5.60 Å². The molecule has 0 radical (unpaired) electrons. The third-order valence-corrected chi connectivity index (χ3v) is 4.40. The van der Waals surface area contributed by atoms with Crippen molar-refractivity contribution in [3.05, 3.63) is 17.2 Å². The topological polar surface area (TPSA) is 58.2 Å². The van der Waals surface area contributed by atoms with E-state index in [-0.39, 0.29) is 18.2 Å². The molecule has 5 heteroatoms. The molecule has 130 valence electrons. The number of piperidine rings is 1. The molecule has 0 bridgehead atoms. The SMILES string of the molecule is CCc1nc(C2CCCC(C)N2C(=O)OC(C)(C)C)[nH]c1CC. The van der Waals surface area contributed by atoms with E-state index in [2.05, 4.69) is 25.8 Å². The van der Waals surface area contributed by atoms with E-state index in [1.165, 1.54) is 5.69 Å². The van der Waals surface area contributed by atoms with Crippen molar-refractivity contribution in [1.82, 2.24) is 14.9 Å². The summed E-state index contributed by atoms with van der Waals surface area (Å²) < 4.78 is 5.63. The third kappa shape index (κ3) is 4.06. The van der Waals surface area contributed by atoms with Crippen LogP contribution in [0.3, 0.4) is 0 Å². The molecule has 0 saturated carbocycles. The number of rotatable bonds is 3. The average Bonchev–Trinajstić information content (AvgIpc) is 2.88. The molecule has 2 atom stereocenters. The number of aromatic amines is 1. The van der Waals surface area contributed by atoms with Crippen LogP contribution in [0.15, 0.2) is 0 Å². The molecule has 2 rings (SSSR count). The summed E-state index contributed by atoms with van der Waals surface area (Å²) in [4.78, 5) is 22.8. The lowest BCUT2D eigenvalue weighted by Crippen LogP contribution is -2.46. The third-order valence-electron chi connectivity index (χ3n) is 4.40. The van der Waals surface area contributed by atoms with E-state index in [1.54, 1.807) is 0 Å². The van der Waals surface area contributed by atoms with Crippen molar-refractivity contribution in [1.29, 1.82) is 0 Å². The van der Waals surface area contributed by atoms with Crippen LogP contribution in [0.5, 0.6) is 0 Å². The van der Waals surface area contributed by atoms with Crippen molar-refractivity contribution < 1.29 is 9.53 Å². The molecule has 2 heterocycles. The molecule has 1 saturated heterocycles. The predicted molar refractivity (Wildman–Crippen MR) is 91.5 cm³/mol. The van der Waals surface area contributed by atoms with Crippen molar-refractivity contribution in [2.45, 2.75) is 91.3 Å². The highest BCUT2D eigenvalue weighted by molar-refractivity contribution is 5.69. The maximum Gasteiger partial charge on any atom is 0.411 e. The summed E-state index contributed by atoms with van der Waals surface area (Å²) >= 11 is 0. The summed E-state index contributed by atoms with van der Waals surface area (Å²) in [5.41, 5.74) is 1.82. The minimum Gasteiger partial charge on any atom is -0.444 e. The molecule has 1 fully saturated rings. The fourth-order valence-electron chi connectivity index (χ4n) is 3.29. The van der Waals surface area contributed by atoms with Gasteiger partial charge in [0.15, 0.2) is 0 Å². The average molecular weight is 321 g/mol. The van der Waals surface area contributed by atoms with Crippen LogP contribution >= 0.6 is 0 Å². The quantitative estimate of drug-likeness (QED) is 0.898. The molecule has 1 aliphatic rings. The Morgan fingerprint density at radius 2 is 2.00 bits per heavy atom. The number of aryl methyl sites for hydroxylation is 2. The molecule has 5 nitrogen and oxygen atoms in total. The normalized spacial score (nSPS) is 22.3. The number of hydrogen-bond donors (Lipinski definition) is 1. The Morgan fingerprint density at radius 1 is 1.30 bits per heavy atom. The minimum absolute atomic E-state index is 0.0146. The summed E-state index contributed by atoms with van der Waals surface area (Å²) in [5.74, 6) is 0.913. The molecule has 23 heavy (non-hydrogen) atoms. The van der Waals surface area contributed by atoms with Crippen LogP contribution in [0, 0.1) is 0 Å². The number of likely N-dealkylation sites (tertiary alicyclic amines) is 1. The maximum absolute atomic E-state index is 12.7. The molecule has 1 aliphatic heterocycles. The minimum atomic E-state index is -0.481. The predicted octanol–water partition coefficient (Wildman–Crippen LogP) is 4.39. The molecule has 1 amide bonds. The van der Waals surface area contributed by atoms with Crippen LogP contribution < -0.4 is 0 Å². The van der Waals surface area contributed by atoms with Crippen LogP contribution in [0.1, 0.15) is 84.1 Å². The van der Waals surface area contributed by atoms with Crippen LogP contribution in [0.25, 0.3) is 0 Å². The van der Waals surface area contributed by atoms with Crippen molar-refractivity contribution in [2.24, 2.45) is 0 Å². The van der Waals surface area contributed by atoms with E-state index in [4.69, 9.17) is 9.72 Å². The van der Waals surface area contributed by atoms with Crippen LogP contribution in [-0.2, 0) is 17.6 Å². The molecule has 1 N–H and O–H groups in total. The highest BCUT2D eigenvalue weighted by Crippen LogP contribution is 2.34. The van der Waals surface area contributed by atoms with E-state index in [0.29, 0.717) is 0 Å². The van der Waals surface area contributed by atoms with Gasteiger partial charge in [0.25, 0.3) is 0 Å². The number of nitrogens with zero attached hydrogens (tertiary/aromatic N) is 2. The molecule has 0 aromatic carbocycles. The van der Waals surface area contributed by atoms with Gasteiger partial charge in [0.05, 0.1) is 11.7 Å². The number of hydrogen-bond acceptors (Lipinski definition) is 3. The van der Waals surface area contributed by atoms with Crippen LogP contribution in [0.4, 0.5) is 4.79 Å². The van der Waals surface area contributed by atoms with Gasteiger partial charge in [-0.05, 0) is 59.8 Å². The zero-order valence-electron chi connectivity index (χ0n) is 15.4. The largest absolute Gasteiger partial charge is 0.444 e. The van der Waals surface area contributed by atoms with Crippen molar-refractivity contribution in [3.8, 4) is 0 Å². The lowest BCUT2D eigenvalue weighted by Gasteiger charge is -2.40. The lowest BCUT2D eigenvalue weighted by molar-refractivity contribution is -0.00447. The van der Waals surface area contributed by atoms with Gasteiger partial charge >= 0.3 is 6.09 Å². The molecular formula is C18H31N3O2. The van der Waals surface area contributed by atoms with Crippen molar-refractivity contribution in [2.75, 3.05) is 0 Å². The van der Waals surface area contributed by atoms with Crippen molar-refractivity contribution in [3.63, 3.8) is 0 Å². The maximum atomic E-state index is 12.7. The van der Waals surface area contributed by atoms with E-state index >= 15 is 0 Å². The first-order chi connectivity index (χ1) is 10.8. The van der Waals surface area contributed by atoms with Gasteiger partial charge in [0.2, 0.25) is 0 Å². The Morgan fingerprint density at radius 3 is 2.52 bits per heavy atom. The van der Waals surface area contributed by atoms with Gasteiger partial charge in [0.1, 0.15) is 11.4 Å². The summed E-state index contributed by atoms with van der Waals surface area (Å²) in [6, 6.07) is 0.156. The Kier molecular flexibility index (Phi) is 5.37. The van der Waals surface area contributed by atoms with E-state index in [9.17, 15) is 4.79 Å². The highest BCUT2D eigenvalue weighted by atomic mass is 16.6. The Bertz CT molecular complexity index is 523. The first-order valence-corrected chi connectivity index (χ1v) is 8.85. The second-order valence-electron chi connectivity index (χ2n) is 7.44. The number of amides is 1. The monoisotopic (exact) mass is 321 g/mol. The first kappa shape index (κ1) is 17.8. The Hall–Kier alpha value is -1.52. The number of ether oxygens (including phenoxy) is 1. The molecular weight excluding hydrogens is 290 g/mol. The summed E-state index contributed by atoms with van der Waals surface area (Å²) in [6.45, 7) is 12.1. The van der Waals surface area contributed by atoms with Crippen molar-refractivity contribution >= 4 is 6.09 Å². The summed E-state index contributed by atoms with van der Waals surface area (Å²) in [7, 11) is 0. The Labute approximate surface area is 139 Å². The Balaban J connectivity index is 2.30. The van der Waals surface area contributed by atoms with Gasteiger partial charge in [-0.2, -0.15) is 0 Å². The zero-order chi connectivity index (χ0) is 17.2. The molecule has 0 aliphatic carbocycles. The zero-order valence-corrected chi connectivity index (χ0v) is 15.4. The first-order valence-electron chi connectivity index (χ1n) is 8.85. The second-order valence-corrected chi connectivity index (χ2v) is 7.44. The second kappa shape index (κ2) is 6.93. The number of nitrogens with one attached hydrogen (secondary N) is 1. The number of imidazole rings is 1. The van der Waals surface area contributed by atoms with E-state index in [1.807, 2.05) is 25.7 Å². The van der Waals surface area contributed by atoms with Gasteiger partial charge in [-0.3, -0.25) is 4.90 Å². The van der Waals surface area contributed by atoms with Gasteiger partial charge < -0.3 is 9.72 Å². The number of H-pyrrole nitrogens is 1. The summed E-state index contributed by atoms with van der Waals surface area (Å²) in [6.07, 6.45) is 4.66. The molecule has 1 aromatic rings. The van der Waals surface area contributed by atoms with Gasteiger partial charge in [0, 0.05) is 11.7 Å². The van der Waals surface area contributed by atoms with Gasteiger partial charge in [-0.1, -0.05) is 13.8 Å². The lowest BCUT2D eigenvalue weighted by atomic mass is 9.96. The molecule has 0 spiro atoms. The smallest absolute Gasteiger partial charge is 0.411 e. The van der Waals surface area contributed by atoms with Crippen LogP contribution in [-0.4, -0.2) is 32.6 Å². The number of carbonyl (C=O) groups is 1. The number of carbonyl (C=O) groups excluding carboxylic acids is 1. The van der Waals surface area contributed by atoms with E-state index in [0.717, 1.165) is 43.6 Å².